The van der Waals surface area contributed by atoms with E-state index in [4.69, 9.17) is 0 Å². The Hall–Kier alpha value is -3.29. The number of hydrogen-bond acceptors (Lipinski definition) is 5. The van der Waals surface area contributed by atoms with Crippen LogP contribution in [0.5, 0.6) is 5.75 Å². The van der Waals surface area contributed by atoms with E-state index in [2.05, 4.69) is 27.3 Å². The van der Waals surface area contributed by atoms with E-state index in [1.165, 1.54) is 12.1 Å². The van der Waals surface area contributed by atoms with Crippen LogP contribution in [-0.2, 0) is 13.0 Å². The molecule has 0 bridgehead atoms. The van der Waals surface area contributed by atoms with E-state index < -0.39 is 5.82 Å². The molecule has 0 saturated heterocycles. The number of pyridine rings is 1. The van der Waals surface area contributed by atoms with E-state index in [-0.39, 0.29) is 35.1 Å². The van der Waals surface area contributed by atoms with Crippen molar-refractivity contribution in [3.63, 3.8) is 0 Å². The number of carbonyl (C=O) groups is 1. The van der Waals surface area contributed by atoms with Crippen molar-refractivity contribution in [1.29, 1.82) is 0 Å². The first-order valence-corrected chi connectivity index (χ1v) is 8.66. The smallest absolute Gasteiger partial charge is 0.276 e. The monoisotopic (exact) mass is 367 g/mol. The summed E-state index contributed by atoms with van der Waals surface area (Å²) < 4.78 is 15.5. The number of aromatic nitrogens is 4. The van der Waals surface area contributed by atoms with Gasteiger partial charge >= 0.3 is 0 Å². The highest BCUT2D eigenvalue weighted by molar-refractivity contribution is 6.01. The van der Waals surface area contributed by atoms with Gasteiger partial charge in [0.05, 0.1) is 6.54 Å². The van der Waals surface area contributed by atoms with Gasteiger partial charge in [-0.3, -0.25) is 15.1 Å². The Kier molecular flexibility index (Phi) is 4.31. The van der Waals surface area contributed by atoms with Gasteiger partial charge in [-0.25, -0.2) is 9.07 Å². The van der Waals surface area contributed by atoms with Crippen LogP contribution in [0.4, 0.5) is 10.3 Å². The van der Waals surface area contributed by atoms with E-state index in [0.29, 0.717) is 13.0 Å². The van der Waals surface area contributed by atoms with Crippen molar-refractivity contribution in [2.75, 3.05) is 5.32 Å². The number of aromatic hydroxyl groups is 1. The highest BCUT2D eigenvalue weighted by Gasteiger charge is 2.30. The Morgan fingerprint density at radius 3 is 2.93 bits per heavy atom. The van der Waals surface area contributed by atoms with Gasteiger partial charge in [-0.2, -0.15) is 4.98 Å². The number of halogens is 1. The zero-order valence-corrected chi connectivity index (χ0v) is 14.6. The molecule has 2 N–H and O–H groups in total. The second-order valence-electron chi connectivity index (χ2n) is 6.70. The molecule has 3 aromatic rings. The van der Waals surface area contributed by atoms with Crippen LogP contribution in [-0.4, -0.2) is 30.8 Å². The SMILES string of the molecule is CC1Cc2nc(NC(=O)c3ccccn3)nn2CC1c1ccc(O)c(F)c1. The molecule has 1 amide bonds. The number of phenolic OH excluding ortho intramolecular Hbond substituents is 1. The fourth-order valence-corrected chi connectivity index (χ4v) is 3.37. The summed E-state index contributed by atoms with van der Waals surface area (Å²) in [5, 5.41) is 16.4. The van der Waals surface area contributed by atoms with Crippen molar-refractivity contribution < 1.29 is 14.3 Å². The van der Waals surface area contributed by atoms with Crippen LogP contribution in [0.1, 0.15) is 34.7 Å². The third-order valence-corrected chi connectivity index (χ3v) is 4.83. The normalized spacial score (nSPS) is 18.7. The van der Waals surface area contributed by atoms with Gasteiger partial charge in [-0.05, 0) is 35.7 Å². The Morgan fingerprint density at radius 2 is 2.19 bits per heavy atom. The maximum Gasteiger partial charge on any atom is 0.276 e. The van der Waals surface area contributed by atoms with E-state index in [1.54, 1.807) is 35.1 Å². The lowest BCUT2D eigenvalue weighted by Crippen LogP contribution is -2.27. The molecule has 2 unspecified atom stereocenters. The lowest BCUT2D eigenvalue weighted by Gasteiger charge is -2.29. The molecule has 1 aromatic carbocycles. The summed E-state index contributed by atoms with van der Waals surface area (Å²) in [6.45, 7) is 2.59. The summed E-state index contributed by atoms with van der Waals surface area (Å²) >= 11 is 0. The lowest BCUT2D eigenvalue weighted by atomic mass is 9.83. The Morgan fingerprint density at radius 1 is 1.33 bits per heavy atom. The quantitative estimate of drug-likeness (QED) is 0.742. The van der Waals surface area contributed by atoms with Crippen LogP contribution in [0.3, 0.4) is 0 Å². The van der Waals surface area contributed by atoms with E-state index in [0.717, 1.165) is 11.4 Å². The maximum absolute atomic E-state index is 13.7. The van der Waals surface area contributed by atoms with Crippen molar-refractivity contribution in [2.24, 2.45) is 5.92 Å². The average Bonchev–Trinajstić information content (AvgIpc) is 3.05. The molecular formula is C19H18FN5O2. The minimum Gasteiger partial charge on any atom is -0.505 e. The van der Waals surface area contributed by atoms with E-state index in [9.17, 15) is 14.3 Å². The first kappa shape index (κ1) is 17.1. The van der Waals surface area contributed by atoms with E-state index >= 15 is 0 Å². The van der Waals surface area contributed by atoms with Crippen LogP contribution in [0.15, 0.2) is 42.6 Å². The fraction of sp³-hybridized carbons (Fsp3) is 0.263. The third-order valence-electron chi connectivity index (χ3n) is 4.83. The zero-order valence-electron chi connectivity index (χ0n) is 14.6. The number of fused-ring (bicyclic) bond motifs is 1. The summed E-state index contributed by atoms with van der Waals surface area (Å²) in [7, 11) is 0. The fourth-order valence-electron chi connectivity index (χ4n) is 3.37. The number of nitrogens with one attached hydrogen (secondary N) is 1. The number of rotatable bonds is 3. The number of phenols is 1. The number of nitrogens with zero attached hydrogens (tertiary/aromatic N) is 4. The van der Waals surface area contributed by atoms with Gasteiger partial charge in [0.25, 0.3) is 5.91 Å². The summed E-state index contributed by atoms with van der Waals surface area (Å²) in [4.78, 5) is 20.6. The number of anilines is 1. The average molecular weight is 367 g/mol. The van der Waals surface area contributed by atoms with Gasteiger partial charge in [0.2, 0.25) is 5.95 Å². The highest BCUT2D eigenvalue weighted by Crippen LogP contribution is 2.34. The van der Waals surface area contributed by atoms with Crippen LogP contribution >= 0.6 is 0 Å². The molecule has 4 rings (SSSR count). The van der Waals surface area contributed by atoms with Gasteiger partial charge in [0, 0.05) is 18.5 Å². The minimum atomic E-state index is -0.632. The number of benzene rings is 1. The van der Waals surface area contributed by atoms with Crippen LogP contribution in [0.25, 0.3) is 0 Å². The second-order valence-corrected chi connectivity index (χ2v) is 6.70. The molecule has 138 valence electrons. The highest BCUT2D eigenvalue weighted by atomic mass is 19.1. The number of hydrogen-bond donors (Lipinski definition) is 2. The topological polar surface area (TPSA) is 92.9 Å². The predicted octanol–water partition coefficient (Wildman–Crippen LogP) is 2.75. The largest absolute Gasteiger partial charge is 0.505 e. The van der Waals surface area contributed by atoms with Crippen molar-refractivity contribution in [2.45, 2.75) is 25.8 Å². The first-order chi connectivity index (χ1) is 13.0. The molecule has 0 spiro atoms. The molecule has 8 heteroatoms. The molecule has 7 nitrogen and oxygen atoms in total. The Labute approximate surface area is 154 Å². The van der Waals surface area contributed by atoms with Gasteiger partial charge < -0.3 is 5.11 Å². The molecule has 2 atom stereocenters. The standard InChI is InChI=1S/C19H18FN5O2/c1-11-8-17-22-19(23-18(27)15-4-2-3-7-21-15)24-25(17)10-13(11)12-5-6-16(26)14(20)9-12/h2-7,9,11,13,26H,8,10H2,1H3,(H,23,24,27). The van der Waals surface area contributed by atoms with Gasteiger partial charge in [0.15, 0.2) is 11.6 Å². The molecule has 0 fully saturated rings. The Balaban J connectivity index is 1.54. The summed E-state index contributed by atoms with van der Waals surface area (Å²) in [5.41, 5.74) is 1.09. The second kappa shape index (κ2) is 6.79. The summed E-state index contributed by atoms with van der Waals surface area (Å²) in [6, 6.07) is 9.54. The molecule has 0 saturated carbocycles. The predicted molar refractivity (Wildman–Crippen MR) is 95.9 cm³/mol. The molecule has 1 aliphatic heterocycles. The van der Waals surface area contributed by atoms with Crippen LogP contribution in [0, 0.1) is 11.7 Å². The van der Waals surface area contributed by atoms with Crippen molar-refractivity contribution in [1.82, 2.24) is 19.7 Å². The zero-order chi connectivity index (χ0) is 19.0. The maximum atomic E-state index is 13.7. The van der Waals surface area contributed by atoms with Crippen molar-refractivity contribution in [3.8, 4) is 5.75 Å². The van der Waals surface area contributed by atoms with Gasteiger partial charge in [0.1, 0.15) is 11.5 Å². The summed E-state index contributed by atoms with van der Waals surface area (Å²) in [5.74, 6) is -0.113. The first-order valence-electron chi connectivity index (χ1n) is 8.66. The molecule has 1 aliphatic rings. The summed E-state index contributed by atoms with van der Waals surface area (Å²) in [6.07, 6.45) is 2.20. The molecule has 0 aliphatic carbocycles. The minimum absolute atomic E-state index is 0.0358. The van der Waals surface area contributed by atoms with Crippen molar-refractivity contribution >= 4 is 11.9 Å². The third kappa shape index (κ3) is 3.38. The Bertz CT molecular complexity index is 989. The lowest BCUT2D eigenvalue weighted by molar-refractivity contribution is 0.102. The number of carbonyl (C=O) groups excluding carboxylic acids is 1. The van der Waals surface area contributed by atoms with Gasteiger partial charge in [-0.15, -0.1) is 5.10 Å². The van der Waals surface area contributed by atoms with E-state index in [1.807, 2.05) is 0 Å². The molecular weight excluding hydrogens is 349 g/mol. The van der Waals surface area contributed by atoms with Crippen LogP contribution in [0.2, 0.25) is 0 Å². The number of amides is 1. The molecule has 2 aromatic heterocycles. The van der Waals surface area contributed by atoms with Crippen LogP contribution < -0.4 is 5.32 Å². The molecule has 27 heavy (non-hydrogen) atoms. The van der Waals surface area contributed by atoms with Gasteiger partial charge in [-0.1, -0.05) is 19.1 Å². The molecule has 0 radical (unpaired) electrons. The van der Waals surface area contributed by atoms with Crippen molar-refractivity contribution in [3.05, 3.63) is 65.5 Å². The molecule has 3 heterocycles.